The van der Waals surface area contributed by atoms with Gasteiger partial charge in [-0.2, -0.15) is 4.80 Å². The zero-order valence-corrected chi connectivity index (χ0v) is 13.2. The summed E-state index contributed by atoms with van der Waals surface area (Å²) in [7, 11) is 0. The summed E-state index contributed by atoms with van der Waals surface area (Å²) < 4.78 is 0. The predicted octanol–water partition coefficient (Wildman–Crippen LogP) is 1.97. The molecule has 0 spiro atoms. The van der Waals surface area contributed by atoms with E-state index in [1.165, 1.54) is 4.80 Å². The highest BCUT2D eigenvalue weighted by Gasteiger charge is 2.12. The topological polar surface area (TPSA) is 84.7 Å². The molecule has 0 aliphatic rings. The molecule has 1 amide bonds. The number of aryl methyl sites for hydroxylation is 1. The van der Waals surface area contributed by atoms with Crippen LogP contribution in [0.2, 0.25) is 0 Å². The number of thiocarbonyl (C=S) groups is 1. The van der Waals surface area contributed by atoms with Gasteiger partial charge in [-0.1, -0.05) is 41.5 Å². The lowest BCUT2D eigenvalue weighted by Gasteiger charge is -2.08. The molecule has 2 aromatic carbocycles. The minimum atomic E-state index is -0.290. The number of carbonyl (C=O) groups excluding carboxylic acids is 1. The van der Waals surface area contributed by atoms with E-state index in [-0.39, 0.29) is 17.0 Å². The van der Waals surface area contributed by atoms with Crippen molar-refractivity contribution < 1.29 is 4.79 Å². The number of tetrazole rings is 1. The summed E-state index contributed by atoms with van der Waals surface area (Å²) in [5.74, 6) is -0.0442. The number of nitrogens with one attached hydrogen (secondary N) is 2. The van der Waals surface area contributed by atoms with E-state index >= 15 is 0 Å². The van der Waals surface area contributed by atoms with E-state index in [1.54, 1.807) is 6.07 Å². The standard InChI is InChI=1S/C15H14N6OS/c1-2-21-19-14(18-20-21)17-15(23)16-13(22)12-9-5-7-10-6-3-4-8-11(10)12/h3-9H,2H2,1H3,(H2,16,17,19,22,23). The van der Waals surface area contributed by atoms with Gasteiger partial charge in [0, 0.05) is 5.56 Å². The fourth-order valence-electron chi connectivity index (χ4n) is 2.15. The van der Waals surface area contributed by atoms with E-state index in [1.807, 2.05) is 43.3 Å². The summed E-state index contributed by atoms with van der Waals surface area (Å²) >= 11 is 5.12. The number of anilines is 1. The van der Waals surface area contributed by atoms with Crippen LogP contribution in [0.3, 0.4) is 0 Å². The van der Waals surface area contributed by atoms with Crippen LogP contribution in [0.25, 0.3) is 10.8 Å². The number of hydrogen-bond donors (Lipinski definition) is 2. The Labute approximate surface area is 137 Å². The van der Waals surface area contributed by atoms with Gasteiger partial charge >= 0.3 is 0 Å². The van der Waals surface area contributed by atoms with E-state index in [2.05, 4.69) is 26.0 Å². The first-order valence-corrected chi connectivity index (χ1v) is 7.46. The zero-order chi connectivity index (χ0) is 16.2. The number of carbonyl (C=O) groups is 1. The molecule has 0 radical (unpaired) electrons. The molecule has 0 bridgehead atoms. The summed E-state index contributed by atoms with van der Waals surface area (Å²) in [5.41, 5.74) is 0.553. The highest BCUT2D eigenvalue weighted by atomic mass is 32.1. The Hall–Kier alpha value is -2.87. The van der Waals surface area contributed by atoms with Crippen molar-refractivity contribution in [2.45, 2.75) is 13.5 Å². The van der Waals surface area contributed by atoms with Gasteiger partial charge in [0.05, 0.1) is 6.54 Å². The van der Waals surface area contributed by atoms with E-state index < -0.39 is 0 Å². The van der Waals surface area contributed by atoms with Crippen molar-refractivity contribution in [1.29, 1.82) is 0 Å². The van der Waals surface area contributed by atoms with Crippen molar-refractivity contribution >= 4 is 40.0 Å². The molecule has 2 N–H and O–H groups in total. The molecule has 0 unspecified atom stereocenters. The molecule has 0 atom stereocenters. The second-order valence-electron chi connectivity index (χ2n) is 4.74. The van der Waals surface area contributed by atoms with Crippen LogP contribution in [0.15, 0.2) is 42.5 Å². The molecule has 23 heavy (non-hydrogen) atoms. The van der Waals surface area contributed by atoms with Crippen LogP contribution in [0, 0.1) is 0 Å². The summed E-state index contributed by atoms with van der Waals surface area (Å²) in [6.45, 7) is 2.50. The molecular weight excluding hydrogens is 312 g/mol. The second kappa shape index (κ2) is 6.49. The van der Waals surface area contributed by atoms with Crippen molar-refractivity contribution in [2.75, 3.05) is 5.32 Å². The number of fused-ring (bicyclic) bond motifs is 1. The number of amides is 1. The first-order chi connectivity index (χ1) is 11.2. The number of benzene rings is 2. The Bertz CT molecular complexity index is 870. The average molecular weight is 326 g/mol. The Kier molecular flexibility index (Phi) is 4.24. The highest BCUT2D eigenvalue weighted by molar-refractivity contribution is 7.80. The third-order valence-electron chi connectivity index (χ3n) is 3.22. The Morgan fingerprint density at radius 1 is 1.22 bits per heavy atom. The van der Waals surface area contributed by atoms with Crippen LogP contribution < -0.4 is 10.6 Å². The van der Waals surface area contributed by atoms with Crippen molar-refractivity contribution in [2.24, 2.45) is 0 Å². The normalized spacial score (nSPS) is 10.5. The van der Waals surface area contributed by atoms with Gasteiger partial charge in [-0.3, -0.25) is 15.4 Å². The van der Waals surface area contributed by atoms with E-state index in [0.29, 0.717) is 12.1 Å². The summed E-state index contributed by atoms with van der Waals surface area (Å²) in [6.07, 6.45) is 0. The molecule has 3 rings (SSSR count). The maximum Gasteiger partial charge on any atom is 0.269 e. The van der Waals surface area contributed by atoms with Gasteiger partial charge in [0.15, 0.2) is 5.11 Å². The fraction of sp³-hybridized carbons (Fsp3) is 0.133. The largest absolute Gasteiger partial charge is 0.299 e. The lowest BCUT2D eigenvalue weighted by Crippen LogP contribution is -2.34. The Morgan fingerprint density at radius 3 is 2.78 bits per heavy atom. The van der Waals surface area contributed by atoms with Crippen LogP contribution in [0.1, 0.15) is 17.3 Å². The highest BCUT2D eigenvalue weighted by Crippen LogP contribution is 2.18. The lowest BCUT2D eigenvalue weighted by molar-refractivity contribution is 0.0979. The maximum atomic E-state index is 12.4. The first kappa shape index (κ1) is 15.0. The van der Waals surface area contributed by atoms with Gasteiger partial charge in [-0.15, -0.1) is 5.10 Å². The van der Waals surface area contributed by atoms with Crippen molar-refractivity contribution in [1.82, 2.24) is 25.5 Å². The van der Waals surface area contributed by atoms with Crippen LogP contribution in [-0.2, 0) is 6.54 Å². The fourth-order valence-corrected chi connectivity index (χ4v) is 2.34. The monoisotopic (exact) mass is 326 g/mol. The van der Waals surface area contributed by atoms with Crippen molar-refractivity contribution in [3.63, 3.8) is 0 Å². The molecule has 7 nitrogen and oxygen atoms in total. The smallest absolute Gasteiger partial charge is 0.269 e. The zero-order valence-electron chi connectivity index (χ0n) is 12.4. The minimum Gasteiger partial charge on any atom is -0.299 e. The summed E-state index contributed by atoms with van der Waals surface area (Å²) in [4.78, 5) is 13.8. The van der Waals surface area contributed by atoms with Crippen molar-refractivity contribution in [3.8, 4) is 0 Å². The van der Waals surface area contributed by atoms with Crippen LogP contribution in [0.4, 0.5) is 5.95 Å². The summed E-state index contributed by atoms with van der Waals surface area (Å²) in [5, 5.41) is 19.0. The number of hydrogen-bond acceptors (Lipinski definition) is 5. The van der Waals surface area contributed by atoms with Gasteiger partial charge in [0.1, 0.15) is 0 Å². The molecule has 8 heteroatoms. The molecule has 0 saturated heterocycles. The molecule has 0 aliphatic carbocycles. The lowest BCUT2D eigenvalue weighted by atomic mass is 10.0. The van der Waals surface area contributed by atoms with E-state index in [4.69, 9.17) is 12.2 Å². The molecule has 1 heterocycles. The molecule has 0 saturated carbocycles. The molecule has 0 fully saturated rings. The number of aromatic nitrogens is 4. The van der Waals surface area contributed by atoms with Gasteiger partial charge in [-0.05, 0) is 41.2 Å². The van der Waals surface area contributed by atoms with Gasteiger partial charge in [-0.25, -0.2) is 0 Å². The number of nitrogens with zero attached hydrogens (tertiary/aromatic N) is 4. The van der Waals surface area contributed by atoms with Crippen LogP contribution >= 0.6 is 12.2 Å². The second-order valence-corrected chi connectivity index (χ2v) is 5.14. The van der Waals surface area contributed by atoms with E-state index in [9.17, 15) is 4.79 Å². The van der Waals surface area contributed by atoms with Gasteiger partial charge in [0.2, 0.25) is 0 Å². The Morgan fingerprint density at radius 2 is 2.00 bits per heavy atom. The quantitative estimate of drug-likeness (QED) is 0.716. The van der Waals surface area contributed by atoms with Gasteiger partial charge in [0.25, 0.3) is 11.9 Å². The molecule has 1 aromatic heterocycles. The SMILES string of the molecule is CCn1nnc(NC(=S)NC(=O)c2cccc3ccccc23)n1. The molecular formula is C15H14N6OS. The van der Waals surface area contributed by atoms with Gasteiger partial charge < -0.3 is 0 Å². The summed E-state index contributed by atoms with van der Waals surface area (Å²) in [6, 6.07) is 13.2. The third kappa shape index (κ3) is 3.32. The predicted molar refractivity (Wildman–Crippen MR) is 91.1 cm³/mol. The van der Waals surface area contributed by atoms with E-state index in [0.717, 1.165) is 10.8 Å². The molecule has 3 aromatic rings. The van der Waals surface area contributed by atoms with Crippen molar-refractivity contribution in [3.05, 3.63) is 48.0 Å². The molecule has 0 aliphatic heterocycles. The van der Waals surface area contributed by atoms with Crippen LogP contribution in [-0.4, -0.2) is 31.2 Å². The molecule has 116 valence electrons. The minimum absolute atomic E-state index is 0.124. The third-order valence-corrected chi connectivity index (χ3v) is 3.43. The average Bonchev–Trinajstić information content (AvgIpc) is 3.01. The maximum absolute atomic E-state index is 12.4. The van der Waals surface area contributed by atoms with Crippen LogP contribution in [0.5, 0.6) is 0 Å². The first-order valence-electron chi connectivity index (χ1n) is 7.05. The Balaban J connectivity index is 1.74. The number of rotatable bonds is 3.